The number of carbonyl (C=O) groups excluding carboxylic acids is 1. The van der Waals surface area contributed by atoms with Gasteiger partial charge in [-0.2, -0.15) is 0 Å². The number of anilines is 2. The Kier molecular flexibility index (Phi) is 7.98. The van der Waals surface area contributed by atoms with Crippen molar-refractivity contribution in [3.8, 4) is 11.8 Å². The second-order valence-corrected chi connectivity index (χ2v) is 9.55. The molecule has 0 fully saturated rings. The van der Waals surface area contributed by atoms with Crippen LogP contribution >= 0.6 is 0 Å². The fraction of sp³-hybridized carbons (Fsp3) is 0.129. The van der Waals surface area contributed by atoms with E-state index in [0.29, 0.717) is 34.0 Å². The predicted molar refractivity (Wildman–Crippen MR) is 155 cm³/mol. The lowest BCUT2D eigenvalue weighted by molar-refractivity contribution is 0.0696. The zero-order valence-electron chi connectivity index (χ0n) is 23.0. The van der Waals surface area contributed by atoms with Gasteiger partial charge in [0.2, 0.25) is 5.95 Å². The van der Waals surface area contributed by atoms with Crippen molar-refractivity contribution >= 4 is 34.4 Å². The number of carboxylic acid groups (broad SMARTS) is 1. The highest BCUT2D eigenvalue weighted by atomic mass is 19.2. The molecule has 3 N–H and O–H groups in total. The Morgan fingerprint density at radius 3 is 2.51 bits per heavy atom. The summed E-state index contributed by atoms with van der Waals surface area (Å²) in [5.74, 6) is 2.57. The minimum atomic E-state index is -1.02. The lowest BCUT2D eigenvalue weighted by Crippen LogP contribution is -2.31. The van der Waals surface area contributed by atoms with Crippen molar-refractivity contribution in [2.24, 2.45) is 7.05 Å². The van der Waals surface area contributed by atoms with Gasteiger partial charge in [-0.3, -0.25) is 14.3 Å². The van der Waals surface area contributed by atoms with Gasteiger partial charge in [-0.15, -0.1) is 0 Å². The molecule has 0 unspecified atom stereocenters. The molecule has 1 amide bonds. The van der Waals surface area contributed by atoms with Gasteiger partial charge in [0.25, 0.3) is 11.5 Å². The third-order valence-corrected chi connectivity index (χ3v) is 6.74. The number of benzene rings is 3. The van der Waals surface area contributed by atoms with Gasteiger partial charge in [-0.05, 0) is 67.1 Å². The monoisotopic (exact) mass is 582 g/mol. The third kappa shape index (κ3) is 6.25. The molecule has 0 saturated heterocycles. The van der Waals surface area contributed by atoms with E-state index in [9.17, 15) is 23.2 Å². The maximum absolute atomic E-state index is 13.6. The van der Waals surface area contributed by atoms with Crippen LogP contribution in [0.1, 0.15) is 37.5 Å². The molecule has 3 aromatic carbocycles. The molecule has 0 radical (unpaired) electrons. The van der Waals surface area contributed by atoms with Crippen LogP contribution in [0.4, 0.5) is 20.4 Å². The first-order valence-corrected chi connectivity index (χ1v) is 13.0. The van der Waals surface area contributed by atoms with Gasteiger partial charge in [0.1, 0.15) is 5.56 Å². The molecule has 0 aliphatic rings. The molecule has 12 heteroatoms. The molecule has 0 spiro atoms. The minimum absolute atomic E-state index is 0.0200. The van der Waals surface area contributed by atoms with E-state index in [2.05, 4.69) is 32.4 Å². The van der Waals surface area contributed by atoms with E-state index in [4.69, 9.17) is 5.11 Å². The standard InChI is InChI=1S/C31H24F2N6O4/c1-18-27(29(41)39(38(18)2)17-20-5-11-24(32)25(33)15-20)28(40)34-13-3-4-19-6-12-26-22(14-19)16-35-31(37-26)36-23-9-7-21(8-10-23)30(42)43/h5-12,14-16H,13,17H2,1-2H3,(H,34,40)(H,42,43)(H,35,36,37). The SMILES string of the molecule is Cc1c(C(=O)NCC#Cc2ccc3nc(Nc4ccc(C(=O)O)cc4)ncc3c2)c(=O)n(Cc2ccc(F)c(F)c2)n1C. The maximum atomic E-state index is 13.6. The van der Waals surface area contributed by atoms with Crippen molar-refractivity contribution in [2.45, 2.75) is 13.5 Å². The number of amides is 1. The Hall–Kier alpha value is -5.83. The van der Waals surface area contributed by atoms with Crippen LogP contribution in [-0.2, 0) is 13.6 Å². The van der Waals surface area contributed by atoms with Crippen molar-refractivity contribution in [1.82, 2.24) is 24.6 Å². The molecule has 5 rings (SSSR count). The van der Waals surface area contributed by atoms with E-state index < -0.39 is 29.1 Å². The number of nitrogens with one attached hydrogen (secondary N) is 2. The van der Waals surface area contributed by atoms with Crippen LogP contribution in [0.15, 0.2) is 71.7 Å². The summed E-state index contributed by atoms with van der Waals surface area (Å²) in [5, 5.41) is 15.4. The van der Waals surface area contributed by atoms with E-state index in [1.54, 1.807) is 50.5 Å². The minimum Gasteiger partial charge on any atom is -0.478 e. The molecule has 2 aromatic heterocycles. The summed E-state index contributed by atoms with van der Waals surface area (Å²) in [6.07, 6.45) is 1.63. The molecule has 2 heterocycles. The number of carbonyl (C=O) groups is 2. The summed E-state index contributed by atoms with van der Waals surface area (Å²) in [7, 11) is 1.61. The lowest BCUT2D eigenvalue weighted by atomic mass is 10.1. The Labute approximate surface area is 243 Å². The Balaban J connectivity index is 1.23. The zero-order chi connectivity index (χ0) is 30.7. The quantitative estimate of drug-likeness (QED) is 0.247. The molecule has 216 valence electrons. The van der Waals surface area contributed by atoms with E-state index in [1.165, 1.54) is 27.6 Å². The Morgan fingerprint density at radius 1 is 1.02 bits per heavy atom. The molecule has 0 aliphatic carbocycles. The molecule has 0 atom stereocenters. The van der Waals surface area contributed by atoms with Crippen molar-refractivity contribution in [1.29, 1.82) is 0 Å². The fourth-order valence-corrected chi connectivity index (χ4v) is 4.37. The van der Waals surface area contributed by atoms with Crippen LogP contribution < -0.4 is 16.2 Å². The second kappa shape index (κ2) is 12.0. The Bertz CT molecular complexity index is 2010. The molecular formula is C31H24F2N6O4. The maximum Gasteiger partial charge on any atom is 0.335 e. The van der Waals surface area contributed by atoms with Gasteiger partial charge in [-0.25, -0.2) is 28.2 Å². The first-order valence-electron chi connectivity index (χ1n) is 13.0. The van der Waals surface area contributed by atoms with Gasteiger partial charge in [0.15, 0.2) is 11.6 Å². The summed E-state index contributed by atoms with van der Waals surface area (Å²) in [5.41, 5.74) is 2.32. The smallest absolute Gasteiger partial charge is 0.335 e. The van der Waals surface area contributed by atoms with Crippen molar-refractivity contribution in [2.75, 3.05) is 11.9 Å². The number of rotatable bonds is 7. The average Bonchev–Trinajstić information content (AvgIpc) is 3.20. The van der Waals surface area contributed by atoms with Crippen LogP contribution in [0.2, 0.25) is 0 Å². The fourth-order valence-electron chi connectivity index (χ4n) is 4.37. The zero-order valence-corrected chi connectivity index (χ0v) is 23.0. The van der Waals surface area contributed by atoms with Gasteiger partial charge in [0, 0.05) is 35.6 Å². The largest absolute Gasteiger partial charge is 0.478 e. The first kappa shape index (κ1) is 28.7. The first-order chi connectivity index (χ1) is 20.6. The summed E-state index contributed by atoms with van der Waals surface area (Å²) in [6, 6.07) is 14.9. The number of fused-ring (bicyclic) bond motifs is 1. The summed E-state index contributed by atoms with van der Waals surface area (Å²) >= 11 is 0. The normalized spacial score (nSPS) is 10.7. The molecule has 10 nitrogen and oxygen atoms in total. The van der Waals surface area contributed by atoms with E-state index in [0.717, 1.165) is 17.5 Å². The van der Waals surface area contributed by atoms with Gasteiger partial charge < -0.3 is 15.7 Å². The highest BCUT2D eigenvalue weighted by Gasteiger charge is 2.21. The number of aromatic nitrogens is 4. The topological polar surface area (TPSA) is 131 Å². The van der Waals surface area contributed by atoms with Gasteiger partial charge >= 0.3 is 5.97 Å². The van der Waals surface area contributed by atoms with Crippen molar-refractivity contribution < 1.29 is 23.5 Å². The summed E-state index contributed by atoms with van der Waals surface area (Å²) in [4.78, 5) is 45.6. The van der Waals surface area contributed by atoms with Crippen LogP contribution in [0.3, 0.4) is 0 Å². The number of hydrogen-bond donors (Lipinski definition) is 3. The van der Waals surface area contributed by atoms with Crippen LogP contribution in [0, 0.1) is 30.4 Å². The van der Waals surface area contributed by atoms with E-state index in [1.807, 2.05) is 0 Å². The second-order valence-electron chi connectivity index (χ2n) is 9.55. The molecular weight excluding hydrogens is 558 g/mol. The lowest BCUT2D eigenvalue weighted by Gasteiger charge is -2.08. The highest BCUT2D eigenvalue weighted by Crippen LogP contribution is 2.18. The Morgan fingerprint density at radius 2 is 1.79 bits per heavy atom. The highest BCUT2D eigenvalue weighted by molar-refractivity contribution is 5.95. The molecule has 5 aromatic rings. The molecule has 43 heavy (non-hydrogen) atoms. The molecule has 0 bridgehead atoms. The van der Waals surface area contributed by atoms with Crippen molar-refractivity contribution in [3.05, 3.63) is 117 Å². The van der Waals surface area contributed by atoms with Crippen LogP contribution in [-0.4, -0.2) is 42.9 Å². The van der Waals surface area contributed by atoms with Crippen LogP contribution in [0.5, 0.6) is 0 Å². The van der Waals surface area contributed by atoms with Gasteiger partial charge in [0.05, 0.1) is 24.2 Å². The summed E-state index contributed by atoms with van der Waals surface area (Å²) in [6.45, 7) is 1.56. The number of nitrogens with zero attached hydrogens (tertiary/aromatic N) is 4. The number of aromatic carboxylic acids is 1. The van der Waals surface area contributed by atoms with E-state index in [-0.39, 0.29) is 24.2 Å². The van der Waals surface area contributed by atoms with E-state index >= 15 is 0 Å². The van der Waals surface area contributed by atoms with Gasteiger partial charge in [-0.1, -0.05) is 17.9 Å². The third-order valence-electron chi connectivity index (χ3n) is 6.74. The summed E-state index contributed by atoms with van der Waals surface area (Å²) < 4.78 is 29.7. The molecule has 0 saturated carbocycles. The predicted octanol–water partition coefficient (Wildman–Crippen LogP) is 3.99. The number of hydrogen-bond acceptors (Lipinski definition) is 6. The van der Waals surface area contributed by atoms with Crippen LogP contribution in [0.25, 0.3) is 10.9 Å². The molecule has 0 aliphatic heterocycles. The number of halogens is 2. The number of carboxylic acids is 1. The average molecular weight is 583 g/mol. The van der Waals surface area contributed by atoms with Crippen molar-refractivity contribution in [3.63, 3.8) is 0 Å².